The zero-order chi connectivity index (χ0) is 16.1. The van der Waals surface area contributed by atoms with Crippen LogP contribution in [0.5, 0.6) is 0 Å². The molecule has 2 aromatic rings. The first kappa shape index (κ1) is 15.4. The van der Waals surface area contributed by atoms with E-state index < -0.39 is 22.4 Å². The molecule has 9 heteroatoms. The summed E-state index contributed by atoms with van der Waals surface area (Å²) in [5.74, 6) is -1.88. The van der Waals surface area contributed by atoms with Gasteiger partial charge in [-0.05, 0) is 18.2 Å². The molecule has 0 aliphatic carbocycles. The molecule has 22 heavy (non-hydrogen) atoms. The van der Waals surface area contributed by atoms with Gasteiger partial charge in [0, 0.05) is 18.9 Å². The van der Waals surface area contributed by atoms with Gasteiger partial charge in [-0.25, -0.2) is 4.79 Å². The van der Waals surface area contributed by atoms with Crippen LogP contribution in [0.3, 0.4) is 0 Å². The molecule has 0 atom stereocenters. The Morgan fingerprint density at radius 3 is 2.91 bits per heavy atom. The first-order valence-electron chi connectivity index (χ1n) is 6.30. The maximum absolute atomic E-state index is 13.9. The van der Waals surface area contributed by atoms with Crippen LogP contribution in [-0.4, -0.2) is 34.3 Å². The van der Waals surface area contributed by atoms with E-state index in [0.29, 0.717) is 6.54 Å². The van der Waals surface area contributed by atoms with Gasteiger partial charge in [0.05, 0.1) is 24.1 Å². The molecule has 0 radical (unpaired) electrons. The van der Waals surface area contributed by atoms with Gasteiger partial charge in [-0.15, -0.1) is 0 Å². The predicted molar refractivity (Wildman–Crippen MR) is 75.1 cm³/mol. The van der Waals surface area contributed by atoms with Crippen molar-refractivity contribution in [3.8, 4) is 0 Å². The summed E-state index contributed by atoms with van der Waals surface area (Å²) in [5.41, 5.74) is -0.905. The average Bonchev–Trinajstić information content (AvgIpc) is 2.98. The van der Waals surface area contributed by atoms with E-state index in [0.717, 1.165) is 13.2 Å². The molecule has 2 rings (SSSR count). The quantitative estimate of drug-likeness (QED) is 0.496. The Hall–Kier alpha value is -2.97. The van der Waals surface area contributed by atoms with E-state index >= 15 is 0 Å². The Labute approximate surface area is 124 Å². The van der Waals surface area contributed by atoms with E-state index in [1.54, 1.807) is 23.1 Å². The third-order valence-electron chi connectivity index (χ3n) is 2.88. The lowest BCUT2D eigenvalue weighted by atomic mass is 10.1. The highest BCUT2D eigenvalue weighted by molar-refractivity contribution is 5.91. The summed E-state index contributed by atoms with van der Waals surface area (Å²) < 4.78 is 20.0. The SMILES string of the molecule is COC(=O)c1cc(F)c([N+](=O)[O-])c(NCCn2cccn2)c1. The van der Waals surface area contributed by atoms with Gasteiger partial charge >= 0.3 is 11.7 Å². The fraction of sp³-hybridized carbons (Fsp3) is 0.231. The minimum Gasteiger partial charge on any atom is -0.465 e. The second-order valence-electron chi connectivity index (χ2n) is 4.30. The van der Waals surface area contributed by atoms with Gasteiger partial charge < -0.3 is 10.1 Å². The number of hydrogen-bond donors (Lipinski definition) is 1. The number of nitro groups is 1. The van der Waals surface area contributed by atoms with Crippen molar-refractivity contribution >= 4 is 17.3 Å². The van der Waals surface area contributed by atoms with Crippen molar-refractivity contribution < 1.29 is 18.8 Å². The molecular weight excluding hydrogens is 295 g/mol. The van der Waals surface area contributed by atoms with E-state index in [9.17, 15) is 19.3 Å². The fourth-order valence-corrected chi connectivity index (χ4v) is 1.89. The van der Waals surface area contributed by atoms with Crippen molar-refractivity contribution in [3.05, 3.63) is 52.1 Å². The number of nitrogens with zero attached hydrogens (tertiary/aromatic N) is 3. The van der Waals surface area contributed by atoms with Gasteiger partial charge in [0.1, 0.15) is 5.69 Å². The van der Waals surface area contributed by atoms with Crippen molar-refractivity contribution in [1.82, 2.24) is 9.78 Å². The summed E-state index contributed by atoms with van der Waals surface area (Å²) in [6.07, 6.45) is 3.32. The number of esters is 1. The monoisotopic (exact) mass is 308 g/mol. The van der Waals surface area contributed by atoms with Crippen LogP contribution in [-0.2, 0) is 11.3 Å². The van der Waals surface area contributed by atoms with Crippen LogP contribution in [0.4, 0.5) is 15.8 Å². The Kier molecular flexibility index (Phi) is 4.66. The van der Waals surface area contributed by atoms with Crippen LogP contribution in [0.2, 0.25) is 0 Å². The summed E-state index contributed by atoms with van der Waals surface area (Å²) in [7, 11) is 1.15. The summed E-state index contributed by atoms with van der Waals surface area (Å²) in [5, 5.41) is 17.7. The molecule has 8 nitrogen and oxygen atoms in total. The molecule has 1 aromatic carbocycles. The zero-order valence-corrected chi connectivity index (χ0v) is 11.7. The highest BCUT2D eigenvalue weighted by Gasteiger charge is 2.23. The third-order valence-corrected chi connectivity index (χ3v) is 2.88. The van der Waals surface area contributed by atoms with Crippen LogP contribution < -0.4 is 5.32 Å². The summed E-state index contributed by atoms with van der Waals surface area (Å²) in [6.45, 7) is 0.695. The minimum atomic E-state index is -1.10. The molecule has 1 N–H and O–H groups in total. The Morgan fingerprint density at radius 1 is 1.55 bits per heavy atom. The Bertz CT molecular complexity index is 688. The lowest BCUT2D eigenvalue weighted by Crippen LogP contribution is -2.13. The molecule has 1 aromatic heterocycles. The van der Waals surface area contributed by atoms with Crippen LogP contribution in [0.25, 0.3) is 0 Å². The molecule has 1 heterocycles. The van der Waals surface area contributed by atoms with Gasteiger partial charge in [0.15, 0.2) is 0 Å². The van der Waals surface area contributed by atoms with E-state index in [1.165, 1.54) is 6.07 Å². The van der Waals surface area contributed by atoms with Gasteiger partial charge in [-0.3, -0.25) is 14.8 Å². The molecule has 0 aliphatic rings. The fourth-order valence-electron chi connectivity index (χ4n) is 1.89. The van der Waals surface area contributed by atoms with Gasteiger partial charge in [0.2, 0.25) is 5.82 Å². The van der Waals surface area contributed by atoms with Crippen molar-refractivity contribution in [2.45, 2.75) is 6.54 Å². The van der Waals surface area contributed by atoms with Crippen molar-refractivity contribution in [2.24, 2.45) is 0 Å². The number of anilines is 1. The zero-order valence-electron chi connectivity index (χ0n) is 11.7. The number of hydrogen-bond acceptors (Lipinski definition) is 6. The largest absolute Gasteiger partial charge is 0.465 e. The molecule has 0 unspecified atom stereocenters. The highest BCUT2D eigenvalue weighted by atomic mass is 19.1. The molecule has 0 saturated carbocycles. The van der Waals surface area contributed by atoms with Gasteiger partial charge in [-0.1, -0.05) is 0 Å². The summed E-state index contributed by atoms with van der Waals surface area (Å²) in [6, 6.07) is 3.71. The van der Waals surface area contributed by atoms with Gasteiger partial charge in [0.25, 0.3) is 0 Å². The number of carbonyl (C=O) groups is 1. The molecule has 0 spiro atoms. The van der Waals surface area contributed by atoms with E-state index in [-0.39, 0.29) is 17.8 Å². The van der Waals surface area contributed by atoms with Crippen LogP contribution in [0, 0.1) is 15.9 Å². The lowest BCUT2D eigenvalue weighted by Gasteiger charge is -2.09. The van der Waals surface area contributed by atoms with E-state index in [2.05, 4.69) is 15.2 Å². The number of ether oxygens (including phenoxy) is 1. The smallest absolute Gasteiger partial charge is 0.338 e. The Morgan fingerprint density at radius 2 is 2.32 bits per heavy atom. The normalized spacial score (nSPS) is 10.3. The molecule has 0 bridgehead atoms. The first-order chi connectivity index (χ1) is 10.5. The number of aromatic nitrogens is 2. The Balaban J connectivity index is 2.23. The molecule has 0 amide bonds. The second-order valence-corrected chi connectivity index (χ2v) is 4.30. The van der Waals surface area contributed by atoms with Crippen LogP contribution in [0.1, 0.15) is 10.4 Å². The van der Waals surface area contributed by atoms with E-state index in [1.807, 2.05) is 0 Å². The number of rotatable bonds is 6. The number of benzene rings is 1. The van der Waals surface area contributed by atoms with Crippen LogP contribution >= 0.6 is 0 Å². The van der Waals surface area contributed by atoms with Crippen molar-refractivity contribution in [2.75, 3.05) is 19.0 Å². The lowest BCUT2D eigenvalue weighted by molar-refractivity contribution is -0.386. The average molecular weight is 308 g/mol. The number of nitro benzene ring substituents is 1. The highest BCUT2D eigenvalue weighted by Crippen LogP contribution is 2.29. The molecular formula is C13H13FN4O4. The topological polar surface area (TPSA) is 99.3 Å². The predicted octanol–water partition coefficient (Wildman–Crippen LogP) is 1.83. The molecule has 0 fully saturated rings. The maximum Gasteiger partial charge on any atom is 0.338 e. The molecule has 116 valence electrons. The maximum atomic E-state index is 13.9. The number of methoxy groups -OCH3 is 1. The number of nitrogens with one attached hydrogen (secondary N) is 1. The second kappa shape index (κ2) is 6.66. The summed E-state index contributed by atoms with van der Waals surface area (Å²) >= 11 is 0. The van der Waals surface area contributed by atoms with Crippen molar-refractivity contribution in [1.29, 1.82) is 0 Å². The minimum absolute atomic E-state index is 0.0856. The van der Waals surface area contributed by atoms with Crippen LogP contribution in [0.15, 0.2) is 30.6 Å². The number of halogens is 1. The number of carbonyl (C=O) groups excluding carboxylic acids is 1. The third kappa shape index (κ3) is 3.37. The molecule has 0 aliphatic heterocycles. The standard InChI is InChI=1S/C13H13FN4O4/c1-22-13(19)9-7-10(14)12(18(20)21)11(8-9)15-4-6-17-5-2-3-16-17/h2-3,5,7-8,15H,4,6H2,1H3. The first-order valence-corrected chi connectivity index (χ1v) is 6.30. The molecule has 0 saturated heterocycles. The van der Waals surface area contributed by atoms with Gasteiger partial charge in [-0.2, -0.15) is 9.49 Å². The van der Waals surface area contributed by atoms with Crippen molar-refractivity contribution in [3.63, 3.8) is 0 Å². The van der Waals surface area contributed by atoms with E-state index in [4.69, 9.17) is 0 Å². The summed E-state index contributed by atoms with van der Waals surface area (Å²) in [4.78, 5) is 21.6.